The van der Waals surface area contributed by atoms with Crippen LogP contribution < -0.4 is 11.5 Å². The summed E-state index contributed by atoms with van der Waals surface area (Å²) in [7, 11) is 0. The van der Waals surface area contributed by atoms with Gasteiger partial charge in [0.05, 0.1) is 0 Å². The van der Waals surface area contributed by atoms with Crippen LogP contribution in [-0.4, -0.2) is 6.54 Å². The van der Waals surface area contributed by atoms with E-state index in [0.29, 0.717) is 6.54 Å². The third kappa shape index (κ3) is 1.56. The van der Waals surface area contributed by atoms with E-state index in [4.69, 9.17) is 11.5 Å². The van der Waals surface area contributed by atoms with Crippen molar-refractivity contribution in [3.63, 3.8) is 0 Å². The summed E-state index contributed by atoms with van der Waals surface area (Å²) in [6.45, 7) is 0.504. The molecule has 1 atom stereocenters. The first-order chi connectivity index (χ1) is 4.84. The van der Waals surface area contributed by atoms with E-state index in [1.807, 2.05) is 30.3 Å². The molecule has 54 valence electrons. The van der Waals surface area contributed by atoms with Gasteiger partial charge in [-0.15, -0.1) is 0 Å². The number of hydrogen-bond acceptors (Lipinski definition) is 2. The quantitative estimate of drug-likeness (QED) is 0.627. The highest BCUT2D eigenvalue weighted by atomic mass is 14.7. The molecular weight excluding hydrogens is 124 g/mol. The second-order valence-electron chi connectivity index (χ2n) is 2.25. The fraction of sp³-hybridized carbons (Fsp3) is 0.250. The van der Waals surface area contributed by atoms with Crippen molar-refractivity contribution in [3.05, 3.63) is 35.9 Å². The molecule has 1 rings (SSSR count). The van der Waals surface area contributed by atoms with Gasteiger partial charge in [-0.2, -0.15) is 0 Å². The minimum atomic E-state index is -0.0128. The molecule has 0 heterocycles. The van der Waals surface area contributed by atoms with Crippen LogP contribution in [0, 0.1) is 0 Å². The van der Waals surface area contributed by atoms with E-state index in [9.17, 15) is 0 Å². The summed E-state index contributed by atoms with van der Waals surface area (Å²) < 4.78 is 0. The van der Waals surface area contributed by atoms with Crippen molar-refractivity contribution in [1.82, 2.24) is 0 Å². The third-order valence-corrected chi connectivity index (χ3v) is 1.48. The molecular formula is C8H12N2. The van der Waals surface area contributed by atoms with Gasteiger partial charge in [-0.25, -0.2) is 0 Å². The molecule has 1 aromatic carbocycles. The Morgan fingerprint density at radius 1 is 1.20 bits per heavy atom. The van der Waals surface area contributed by atoms with Gasteiger partial charge in [0.2, 0.25) is 0 Å². The molecule has 0 saturated heterocycles. The van der Waals surface area contributed by atoms with Gasteiger partial charge in [0, 0.05) is 12.6 Å². The Bertz CT molecular complexity index is 184. The monoisotopic (exact) mass is 136 g/mol. The maximum atomic E-state index is 5.67. The standard InChI is InChI=1S/C8H12N2/c9-6-8(10)7-4-2-1-3-5-7/h1-5,8H,6,9-10H2. The van der Waals surface area contributed by atoms with Crippen molar-refractivity contribution in [2.75, 3.05) is 6.54 Å². The zero-order valence-electron chi connectivity index (χ0n) is 5.83. The van der Waals surface area contributed by atoms with Gasteiger partial charge in [0.1, 0.15) is 0 Å². The van der Waals surface area contributed by atoms with Crippen molar-refractivity contribution in [3.8, 4) is 0 Å². The molecule has 0 radical (unpaired) electrons. The van der Waals surface area contributed by atoms with Crippen molar-refractivity contribution in [2.24, 2.45) is 11.5 Å². The highest BCUT2D eigenvalue weighted by Gasteiger charge is 1.99. The molecule has 1 unspecified atom stereocenters. The van der Waals surface area contributed by atoms with Crippen LogP contribution in [0.1, 0.15) is 11.6 Å². The van der Waals surface area contributed by atoms with Crippen LogP contribution in [0.15, 0.2) is 30.3 Å². The summed E-state index contributed by atoms with van der Waals surface area (Å²) in [5, 5.41) is 0. The Labute approximate surface area is 60.8 Å². The average Bonchev–Trinajstić information content (AvgIpc) is 2.05. The molecule has 0 aromatic heterocycles. The van der Waals surface area contributed by atoms with Gasteiger partial charge in [-0.3, -0.25) is 0 Å². The van der Waals surface area contributed by atoms with Crippen LogP contribution in [0.2, 0.25) is 0 Å². The summed E-state index contributed by atoms with van der Waals surface area (Å²) in [5.74, 6) is 0. The first-order valence-electron chi connectivity index (χ1n) is 3.35. The van der Waals surface area contributed by atoms with Gasteiger partial charge in [-0.05, 0) is 5.56 Å². The lowest BCUT2D eigenvalue weighted by Crippen LogP contribution is -2.20. The fourth-order valence-corrected chi connectivity index (χ4v) is 0.836. The van der Waals surface area contributed by atoms with Crippen molar-refractivity contribution in [2.45, 2.75) is 6.04 Å². The molecule has 0 aliphatic heterocycles. The van der Waals surface area contributed by atoms with Crippen molar-refractivity contribution in [1.29, 1.82) is 0 Å². The van der Waals surface area contributed by atoms with Crippen molar-refractivity contribution < 1.29 is 0 Å². The smallest absolute Gasteiger partial charge is 0.0419 e. The Hall–Kier alpha value is -0.860. The van der Waals surface area contributed by atoms with E-state index in [1.54, 1.807) is 0 Å². The number of benzene rings is 1. The summed E-state index contributed by atoms with van der Waals surface area (Å²) in [6.07, 6.45) is 0. The van der Waals surface area contributed by atoms with E-state index >= 15 is 0 Å². The maximum Gasteiger partial charge on any atom is 0.0419 e. The minimum absolute atomic E-state index is 0.0128. The topological polar surface area (TPSA) is 52.0 Å². The lowest BCUT2D eigenvalue weighted by Gasteiger charge is -2.06. The molecule has 2 heteroatoms. The normalized spacial score (nSPS) is 13.0. The van der Waals surface area contributed by atoms with Crippen LogP contribution in [0.25, 0.3) is 0 Å². The molecule has 1 aromatic rings. The van der Waals surface area contributed by atoms with Crippen LogP contribution in [0.5, 0.6) is 0 Å². The first kappa shape index (κ1) is 7.25. The Balaban J connectivity index is 2.75. The lowest BCUT2D eigenvalue weighted by molar-refractivity contribution is 0.737. The molecule has 4 N–H and O–H groups in total. The van der Waals surface area contributed by atoms with Gasteiger partial charge in [0.25, 0.3) is 0 Å². The van der Waals surface area contributed by atoms with E-state index < -0.39 is 0 Å². The molecule has 0 fully saturated rings. The number of nitrogens with two attached hydrogens (primary N) is 2. The van der Waals surface area contributed by atoms with Gasteiger partial charge >= 0.3 is 0 Å². The Morgan fingerprint density at radius 2 is 1.80 bits per heavy atom. The van der Waals surface area contributed by atoms with Crippen LogP contribution in [-0.2, 0) is 0 Å². The molecule has 0 aliphatic carbocycles. The molecule has 0 saturated carbocycles. The molecule has 0 amide bonds. The Kier molecular flexibility index (Phi) is 2.42. The first-order valence-corrected chi connectivity index (χ1v) is 3.35. The van der Waals surface area contributed by atoms with Gasteiger partial charge in [-0.1, -0.05) is 30.3 Å². The SMILES string of the molecule is NCC(N)c1ccccc1. The fourth-order valence-electron chi connectivity index (χ4n) is 0.836. The predicted octanol–water partition coefficient (Wildman–Crippen LogP) is 0.645. The second-order valence-corrected chi connectivity index (χ2v) is 2.25. The highest BCUT2D eigenvalue weighted by molar-refractivity contribution is 5.18. The Morgan fingerprint density at radius 3 is 2.30 bits per heavy atom. The number of hydrogen-bond donors (Lipinski definition) is 2. The zero-order valence-corrected chi connectivity index (χ0v) is 5.83. The second kappa shape index (κ2) is 3.34. The molecule has 0 aliphatic rings. The molecule has 10 heavy (non-hydrogen) atoms. The van der Waals surface area contributed by atoms with Gasteiger partial charge < -0.3 is 11.5 Å². The van der Waals surface area contributed by atoms with Crippen LogP contribution >= 0.6 is 0 Å². The lowest BCUT2D eigenvalue weighted by atomic mass is 10.1. The average molecular weight is 136 g/mol. The van der Waals surface area contributed by atoms with Crippen LogP contribution in [0.4, 0.5) is 0 Å². The summed E-state index contributed by atoms with van der Waals surface area (Å²) >= 11 is 0. The summed E-state index contributed by atoms with van der Waals surface area (Å²) in [5.41, 5.74) is 12.2. The molecule has 2 nitrogen and oxygen atoms in total. The largest absolute Gasteiger partial charge is 0.329 e. The summed E-state index contributed by atoms with van der Waals surface area (Å²) in [6, 6.07) is 9.85. The molecule has 0 spiro atoms. The highest BCUT2D eigenvalue weighted by Crippen LogP contribution is 2.06. The summed E-state index contributed by atoms with van der Waals surface area (Å²) in [4.78, 5) is 0. The third-order valence-electron chi connectivity index (χ3n) is 1.48. The number of rotatable bonds is 2. The zero-order chi connectivity index (χ0) is 7.40. The van der Waals surface area contributed by atoms with E-state index in [2.05, 4.69) is 0 Å². The predicted molar refractivity (Wildman–Crippen MR) is 42.4 cm³/mol. The van der Waals surface area contributed by atoms with Gasteiger partial charge in [0.15, 0.2) is 0 Å². The van der Waals surface area contributed by atoms with Crippen molar-refractivity contribution >= 4 is 0 Å². The van der Waals surface area contributed by atoms with Crippen LogP contribution in [0.3, 0.4) is 0 Å². The van der Waals surface area contributed by atoms with E-state index in [1.165, 1.54) is 0 Å². The maximum absolute atomic E-state index is 5.67. The minimum Gasteiger partial charge on any atom is -0.329 e. The molecule has 0 bridgehead atoms. The van der Waals surface area contributed by atoms with E-state index in [-0.39, 0.29) is 6.04 Å². The van der Waals surface area contributed by atoms with E-state index in [0.717, 1.165) is 5.56 Å².